The molecule has 0 aliphatic heterocycles. The molecule has 0 radical (unpaired) electrons. The van der Waals surface area contributed by atoms with Crippen molar-refractivity contribution in [3.8, 4) is 0 Å². The number of hydrogen-bond acceptors (Lipinski definition) is 5. The monoisotopic (exact) mass is 401 g/mol. The molecule has 0 unspecified atom stereocenters. The molecule has 1 amide bonds. The van der Waals surface area contributed by atoms with Crippen LogP contribution < -0.4 is 5.32 Å². The SMILES string of the molecule is CSc1ccccc1NC(=O)COC(=O)/C=C/c1c(Cl)nc2ccccn12. The summed E-state index contributed by atoms with van der Waals surface area (Å²) in [5.41, 5.74) is 1.91. The standard InChI is InChI=1S/C19H16ClN3O3S/c1-27-15-7-3-2-6-13(15)21-17(24)12-26-18(25)10-9-14-19(20)22-16-8-4-5-11-23(14)16/h2-11H,12H2,1H3,(H,21,24)/b10-9+. The molecule has 3 rings (SSSR count). The van der Waals surface area contributed by atoms with Gasteiger partial charge >= 0.3 is 5.97 Å². The van der Waals surface area contributed by atoms with Gasteiger partial charge in [0.2, 0.25) is 0 Å². The number of carbonyl (C=O) groups is 2. The number of fused-ring (bicyclic) bond motifs is 1. The molecule has 8 heteroatoms. The highest BCUT2D eigenvalue weighted by Gasteiger charge is 2.10. The first kappa shape index (κ1) is 19.0. The summed E-state index contributed by atoms with van der Waals surface area (Å²) in [5, 5.41) is 3.00. The number of benzene rings is 1. The predicted molar refractivity (Wildman–Crippen MR) is 107 cm³/mol. The van der Waals surface area contributed by atoms with Crippen molar-refractivity contribution in [2.24, 2.45) is 0 Å². The number of imidazole rings is 1. The van der Waals surface area contributed by atoms with Gasteiger partial charge in [-0.3, -0.25) is 9.20 Å². The summed E-state index contributed by atoms with van der Waals surface area (Å²) >= 11 is 7.61. The van der Waals surface area contributed by atoms with Crippen molar-refractivity contribution >= 4 is 52.6 Å². The highest BCUT2D eigenvalue weighted by Crippen LogP contribution is 2.24. The Bertz CT molecular complexity index is 1020. The zero-order valence-electron chi connectivity index (χ0n) is 14.4. The van der Waals surface area contributed by atoms with E-state index >= 15 is 0 Å². The Balaban J connectivity index is 1.58. The second kappa shape index (κ2) is 8.75. The summed E-state index contributed by atoms with van der Waals surface area (Å²) in [7, 11) is 0. The van der Waals surface area contributed by atoms with Crippen LogP contribution in [0.3, 0.4) is 0 Å². The first-order valence-electron chi connectivity index (χ1n) is 7.99. The highest BCUT2D eigenvalue weighted by atomic mass is 35.5. The van der Waals surface area contributed by atoms with Crippen molar-refractivity contribution in [2.45, 2.75) is 4.90 Å². The minimum atomic E-state index is -0.648. The fourth-order valence-corrected chi connectivity index (χ4v) is 3.20. The summed E-state index contributed by atoms with van der Waals surface area (Å²) in [6.07, 6.45) is 6.42. The van der Waals surface area contributed by atoms with Gasteiger partial charge in [-0.2, -0.15) is 0 Å². The van der Waals surface area contributed by atoms with Crippen LogP contribution in [-0.2, 0) is 14.3 Å². The van der Waals surface area contributed by atoms with Crippen LogP contribution in [0.15, 0.2) is 59.6 Å². The number of halogens is 1. The second-order valence-electron chi connectivity index (χ2n) is 5.41. The van der Waals surface area contributed by atoms with Crippen molar-refractivity contribution in [2.75, 3.05) is 18.2 Å². The Labute approximate surface area is 165 Å². The summed E-state index contributed by atoms with van der Waals surface area (Å²) < 4.78 is 6.73. The number of para-hydroxylation sites is 1. The number of nitrogens with one attached hydrogen (secondary N) is 1. The third kappa shape index (κ3) is 4.69. The molecular formula is C19H16ClN3O3S. The summed E-state index contributed by atoms with van der Waals surface area (Å²) in [5.74, 6) is -1.06. The number of rotatable bonds is 6. The van der Waals surface area contributed by atoms with E-state index in [2.05, 4.69) is 10.3 Å². The molecule has 0 atom stereocenters. The van der Waals surface area contributed by atoms with Crippen molar-refractivity contribution < 1.29 is 14.3 Å². The summed E-state index contributed by atoms with van der Waals surface area (Å²) in [6.45, 7) is -0.382. The molecule has 3 aromatic rings. The van der Waals surface area contributed by atoms with Gasteiger partial charge in [0, 0.05) is 17.2 Å². The molecule has 1 aromatic carbocycles. The maximum Gasteiger partial charge on any atom is 0.331 e. The molecule has 0 bridgehead atoms. The molecule has 2 aromatic heterocycles. The third-order valence-corrected chi connectivity index (χ3v) is 4.70. The lowest BCUT2D eigenvalue weighted by Gasteiger charge is -2.08. The van der Waals surface area contributed by atoms with E-state index in [4.69, 9.17) is 16.3 Å². The third-order valence-electron chi connectivity index (χ3n) is 3.63. The molecule has 0 saturated carbocycles. The van der Waals surface area contributed by atoms with Gasteiger partial charge in [-0.15, -0.1) is 11.8 Å². The molecule has 6 nitrogen and oxygen atoms in total. The van der Waals surface area contributed by atoms with Gasteiger partial charge in [-0.25, -0.2) is 9.78 Å². The van der Waals surface area contributed by atoms with Crippen LogP contribution >= 0.6 is 23.4 Å². The lowest BCUT2D eigenvalue weighted by atomic mass is 10.3. The van der Waals surface area contributed by atoms with E-state index < -0.39 is 11.9 Å². The number of nitrogens with zero attached hydrogens (tertiary/aromatic N) is 2. The number of aromatic nitrogens is 2. The van der Waals surface area contributed by atoms with Crippen molar-refractivity contribution in [1.29, 1.82) is 0 Å². The number of esters is 1. The quantitative estimate of drug-likeness (QED) is 0.385. The number of pyridine rings is 1. The summed E-state index contributed by atoms with van der Waals surface area (Å²) in [4.78, 5) is 29.0. The molecule has 0 fully saturated rings. The van der Waals surface area contributed by atoms with Crippen LogP contribution in [-0.4, -0.2) is 34.1 Å². The van der Waals surface area contributed by atoms with Crippen molar-refractivity contribution in [3.63, 3.8) is 0 Å². The molecule has 0 aliphatic carbocycles. The zero-order chi connectivity index (χ0) is 19.2. The summed E-state index contributed by atoms with van der Waals surface area (Å²) in [6, 6.07) is 12.9. The highest BCUT2D eigenvalue weighted by molar-refractivity contribution is 7.98. The maximum atomic E-state index is 12.0. The van der Waals surface area contributed by atoms with Crippen LogP contribution in [0.5, 0.6) is 0 Å². The largest absolute Gasteiger partial charge is 0.452 e. The normalized spacial score (nSPS) is 11.0. The average molecular weight is 402 g/mol. The minimum absolute atomic E-state index is 0.275. The molecule has 1 N–H and O–H groups in total. The average Bonchev–Trinajstić information content (AvgIpc) is 3.00. The minimum Gasteiger partial charge on any atom is -0.452 e. The Kier molecular flexibility index (Phi) is 6.16. The first-order chi connectivity index (χ1) is 13.1. The zero-order valence-corrected chi connectivity index (χ0v) is 16.0. The van der Waals surface area contributed by atoms with E-state index in [-0.39, 0.29) is 11.8 Å². The van der Waals surface area contributed by atoms with Gasteiger partial charge < -0.3 is 10.1 Å². The molecule has 0 aliphatic rings. The Morgan fingerprint density at radius 2 is 2.04 bits per heavy atom. The topological polar surface area (TPSA) is 72.7 Å². The van der Waals surface area contributed by atoms with Crippen molar-refractivity contribution in [1.82, 2.24) is 9.38 Å². The van der Waals surface area contributed by atoms with Crippen LogP contribution in [0.1, 0.15) is 5.69 Å². The van der Waals surface area contributed by atoms with Crippen LogP contribution in [0, 0.1) is 0 Å². The molecule has 27 heavy (non-hydrogen) atoms. The van der Waals surface area contributed by atoms with Crippen LogP contribution in [0.25, 0.3) is 11.7 Å². The number of thioether (sulfide) groups is 1. The van der Waals surface area contributed by atoms with Gasteiger partial charge in [0.15, 0.2) is 11.8 Å². The van der Waals surface area contributed by atoms with Crippen LogP contribution in [0.2, 0.25) is 5.15 Å². The Hall–Kier alpha value is -2.77. The fraction of sp³-hybridized carbons (Fsp3) is 0.105. The van der Waals surface area contributed by atoms with E-state index in [1.807, 2.05) is 36.6 Å². The van der Waals surface area contributed by atoms with Crippen molar-refractivity contribution in [3.05, 3.63) is 65.6 Å². The Morgan fingerprint density at radius 3 is 2.85 bits per heavy atom. The van der Waals surface area contributed by atoms with Gasteiger partial charge in [0.1, 0.15) is 5.65 Å². The fourth-order valence-electron chi connectivity index (χ4n) is 2.40. The number of carbonyl (C=O) groups excluding carboxylic acids is 2. The number of amides is 1. The maximum absolute atomic E-state index is 12.0. The smallest absolute Gasteiger partial charge is 0.331 e. The van der Waals surface area contributed by atoms with E-state index in [0.717, 1.165) is 4.90 Å². The second-order valence-corrected chi connectivity index (χ2v) is 6.61. The molecule has 0 spiro atoms. The van der Waals surface area contributed by atoms with Gasteiger partial charge in [-0.05, 0) is 36.6 Å². The predicted octanol–water partition coefficient (Wildman–Crippen LogP) is 3.90. The van der Waals surface area contributed by atoms with E-state index in [1.54, 1.807) is 22.7 Å². The van der Waals surface area contributed by atoms with Gasteiger partial charge in [0.05, 0.1) is 11.4 Å². The molecule has 2 heterocycles. The lowest BCUT2D eigenvalue weighted by molar-refractivity contribution is -0.142. The molecular weight excluding hydrogens is 386 g/mol. The number of anilines is 1. The van der Waals surface area contributed by atoms with Crippen LogP contribution in [0.4, 0.5) is 5.69 Å². The van der Waals surface area contributed by atoms with E-state index in [1.165, 1.54) is 23.9 Å². The molecule has 138 valence electrons. The van der Waals surface area contributed by atoms with E-state index in [0.29, 0.717) is 17.0 Å². The number of hydrogen-bond donors (Lipinski definition) is 1. The van der Waals surface area contributed by atoms with Gasteiger partial charge in [0.25, 0.3) is 5.91 Å². The lowest BCUT2D eigenvalue weighted by Crippen LogP contribution is -2.20. The number of ether oxygens (including phenoxy) is 1. The van der Waals surface area contributed by atoms with E-state index in [9.17, 15) is 9.59 Å². The Morgan fingerprint density at radius 1 is 1.26 bits per heavy atom. The van der Waals surface area contributed by atoms with Gasteiger partial charge in [-0.1, -0.05) is 29.8 Å². The molecule has 0 saturated heterocycles. The first-order valence-corrected chi connectivity index (χ1v) is 9.59.